The number of halogens is 1. The molecule has 0 unspecified atom stereocenters. The number of sulfone groups is 1. The number of guanidine groups is 1. The number of rotatable bonds is 12. The van der Waals surface area contributed by atoms with Gasteiger partial charge < -0.3 is 29.6 Å². The summed E-state index contributed by atoms with van der Waals surface area (Å²) in [5.74, 6) is 2.11. The SMILES string of the molecule is COCCOCCCNC(=NCCCS(C)(=O)=O)Nc1ccc2c(c1)OCCCO2.I. The fraction of sp³-hybridized carbons (Fsp3) is 0.650. The van der Waals surface area contributed by atoms with Gasteiger partial charge in [0, 0.05) is 51.2 Å². The van der Waals surface area contributed by atoms with Gasteiger partial charge in [-0.1, -0.05) is 0 Å². The minimum atomic E-state index is -2.99. The van der Waals surface area contributed by atoms with E-state index in [4.69, 9.17) is 18.9 Å². The number of hydrogen-bond acceptors (Lipinski definition) is 7. The quantitative estimate of drug-likeness (QED) is 0.171. The molecule has 0 saturated carbocycles. The maximum atomic E-state index is 11.3. The number of methoxy groups -OCH3 is 1. The van der Waals surface area contributed by atoms with Crippen LogP contribution in [0, 0.1) is 0 Å². The van der Waals surface area contributed by atoms with Crippen molar-refractivity contribution >= 4 is 45.5 Å². The first kappa shape index (κ1) is 27.7. The highest BCUT2D eigenvalue weighted by molar-refractivity contribution is 14.0. The average Bonchev–Trinajstić information content (AvgIpc) is 2.94. The molecule has 1 heterocycles. The molecule has 0 fully saturated rings. The van der Waals surface area contributed by atoms with E-state index in [2.05, 4.69) is 15.6 Å². The van der Waals surface area contributed by atoms with Crippen LogP contribution in [-0.4, -0.2) is 79.6 Å². The van der Waals surface area contributed by atoms with E-state index in [1.54, 1.807) is 7.11 Å². The Bertz CT molecular complexity index is 776. The number of ether oxygens (including phenoxy) is 4. The van der Waals surface area contributed by atoms with E-state index in [1.165, 1.54) is 6.26 Å². The van der Waals surface area contributed by atoms with Crippen molar-refractivity contribution in [1.82, 2.24) is 5.32 Å². The molecule has 0 saturated heterocycles. The molecule has 1 aromatic carbocycles. The number of fused-ring (bicyclic) bond motifs is 1. The maximum Gasteiger partial charge on any atom is 0.195 e. The summed E-state index contributed by atoms with van der Waals surface area (Å²) in [5, 5.41) is 6.51. The summed E-state index contributed by atoms with van der Waals surface area (Å²) < 4.78 is 44.4. The Labute approximate surface area is 202 Å². The van der Waals surface area contributed by atoms with Crippen molar-refractivity contribution in [3.05, 3.63) is 18.2 Å². The summed E-state index contributed by atoms with van der Waals surface area (Å²) in [6, 6.07) is 5.64. The van der Waals surface area contributed by atoms with Gasteiger partial charge in [0.05, 0.1) is 32.2 Å². The summed E-state index contributed by atoms with van der Waals surface area (Å²) in [5.41, 5.74) is 0.810. The number of anilines is 1. The van der Waals surface area contributed by atoms with Crippen LogP contribution in [0.4, 0.5) is 5.69 Å². The maximum absolute atomic E-state index is 11.3. The topological polar surface area (TPSA) is 107 Å². The Balaban J connectivity index is 0.00000480. The first-order valence-electron chi connectivity index (χ1n) is 10.2. The Kier molecular flexibility index (Phi) is 13.8. The number of nitrogens with one attached hydrogen (secondary N) is 2. The molecule has 0 aliphatic carbocycles. The lowest BCUT2D eigenvalue weighted by atomic mass is 10.2. The summed E-state index contributed by atoms with van der Waals surface area (Å²) in [6.45, 7) is 4.07. The molecule has 9 nitrogen and oxygen atoms in total. The zero-order valence-corrected chi connectivity index (χ0v) is 21.4. The van der Waals surface area contributed by atoms with Gasteiger partial charge in [-0.3, -0.25) is 4.99 Å². The molecule has 11 heteroatoms. The van der Waals surface area contributed by atoms with Crippen molar-refractivity contribution < 1.29 is 27.4 Å². The van der Waals surface area contributed by atoms with Crippen LogP contribution in [0.5, 0.6) is 11.5 Å². The smallest absolute Gasteiger partial charge is 0.195 e. The lowest BCUT2D eigenvalue weighted by molar-refractivity contribution is 0.0699. The number of aliphatic imine (C=N–C) groups is 1. The third-order valence-corrected chi connectivity index (χ3v) is 5.17. The standard InChI is InChI=1S/C20H33N3O6S.HI/c1-26-13-14-27-10-3-8-21-20(22-9-4-15-30(2,24)25)23-17-6-7-18-19(16-17)29-12-5-11-28-18;/h6-7,16H,3-5,8-15H2,1-2H3,(H2,21,22,23);1H. The Morgan fingerprint density at radius 3 is 2.65 bits per heavy atom. The van der Waals surface area contributed by atoms with E-state index in [0.29, 0.717) is 64.3 Å². The van der Waals surface area contributed by atoms with Gasteiger partial charge in [-0.05, 0) is 25.0 Å². The van der Waals surface area contributed by atoms with Crippen LogP contribution in [0.3, 0.4) is 0 Å². The zero-order valence-electron chi connectivity index (χ0n) is 18.2. The van der Waals surface area contributed by atoms with Gasteiger partial charge in [-0.15, -0.1) is 24.0 Å². The molecule has 31 heavy (non-hydrogen) atoms. The van der Waals surface area contributed by atoms with Gasteiger partial charge in [0.15, 0.2) is 17.5 Å². The van der Waals surface area contributed by atoms with E-state index >= 15 is 0 Å². The minimum Gasteiger partial charge on any atom is -0.490 e. The van der Waals surface area contributed by atoms with E-state index in [1.807, 2.05) is 18.2 Å². The van der Waals surface area contributed by atoms with Gasteiger partial charge in [0.25, 0.3) is 0 Å². The zero-order chi connectivity index (χ0) is 21.7. The van der Waals surface area contributed by atoms with Crippen LogP contribution in [-0.2, 0) is 19.3 Å². The van der Waals surface area contributed by atoms with Crippen LogP contribution < -0.4 is 20.1 Å². The van der Waals surface area contributed by atoms with Crippen LogP contribution in [0.15, 0.2) is 23.2 Å². The summed E-state index contributed by atoms with van der Waals surface area (Å²) in [4.78, 5) is 4.50. The van der Waals surface area contributed by atoms with Crippen molar-refractivity contribution in [3.63, 3.8) is 0 Å². The van der Waals surface area contributed by atoms with Crippen molar-refractivity contribution in [2.75, 3.05) is 70.6 Å². The Hall–Kier alpha value is -1.31. The van der Waals surface area contributed by atoms with E-state index in [9.17, 15) is 8.42 Å². The van der Waals surface area contributed by atoms with Crippen molar-refractivity contribution in [2.24, 2.45) is 4.99 Å². The summed E-state index contributed by atoms with van der Waals surface area (Å²) in [6.07, 6.45) is 3.34. The third-order valence-electron chi connectivity index (χ3n) is 4.14. The highest BCUT2D eigenvalue weighted by Gasteiger charge is 2.11. The monoisotopic (exact) mass is 571 g/mol. The van der Waals surface area contributed by atoms with Crippen LogP contribution in [0.25, 0.3) is 0 Å². The molecule has 1 aliphatic rings. The molecule has 2 rings (SSSR count). The highest BCUT2D eigenvalue weighted by Crippen LogP contribution is 2.32. The second-order valence-electron chi connectivity index (χ2n) is 6.94. The molecule has 2 N–H and O–H groups in total. The van der Waals surface area contributed by atoms with Gasteiger partial charge in [0.2, 0.25) is 0 Å². The van der Waals surface area contributed by atoms with Crippen LogP contribution >= 0.6 is 24.0 Å². The fourth-order valence-corrected chi connectivity index (χ4v) is 3.31. The lowest BCUT2D eigenvalue weighted by Gasteiger charge is -2.15. The molecule has 1 aliphatic heterocycles. The van der Waals surface area contributed by atoms with Crippen molar-refractivity contribution in [1.29, 1.82) is 0 Å². The molecular weight excluding hydrogens is 537 g/mol. The van der Waals surface area contributed by atoms with Crippen LogP contribution in [0.2, 0.25) is 0 Å². The minimum absolute atomic E-state index is 0. The number of hydrogen-bond donors (Lipinski definition) is 2. The molecule has 0 bridgehead atoms. The predicted octanol–water partition coefficient (Wildman–Crippen LogP) is 2.31. The highest BCUT2D eigenvalue weighted by atomic mass is 127. The fourth-order valence-electron chi connectivity index (χ4n) is 2.66. The van der Waals surface area contributed by atoms with Gasteiger partial charge in [0.1, 0.15) is 9.84 Å². The van der Waals surface area contributed by atoms with E-state index in [-0.39, 0.29) is 29.7 Å². The number of benzene rings is 1. The molecule has 178 valence electrons. The average molecular weight is 571 g/mol. The Morgan fingerprint density at radius 1 is 1.13 bits per heavy atom. The molecule has 0 aromatic heterocycles. The van der Waals surface area contributed by atoms with Crippen LogP contribution in [0.1, 0.15) is 19.3 Å². The lowest BCUT2D eigenvalue weighted by Crippen LogP contribution is -2.32. The second-order valence-corrected chi connectivity index (χ2v) is 9.20. The van der Waals surface area contributed by atoms with E-state index in [0.717, 1.165) is 24.3 Å². The number of nitrogens with zero attached hydrogens (tertiary/aromatic N) is 1. The van der Waals surface area contributed by atoms with E-state index < -0.39 is 9.84 Å². The molecule has 0 atom stereocenters. The van der Waals surface area contributed by atoms with Gasteiger partial charge in [-0.2, -0.15) is 0 Å². The first-order chi connectivity index (χ1) is 14.5. The van der Waals surface area contributed by atoms with Gasteiger partial charge >= 0.3 is 0 Å². The third kappa shape index (κ3) is 12.3. The van der Waals surface area contributed by atoms with Gasteiger partial charge in [-0.25, -0.2) is 8.42 Å². The first-order valence-corrected chi connectivity index (χ1v) is 12.2. The molecule has 0 amide bonds. The molecule has 1 aromatic rings. The van der Waals surface area contributed by atoms with Crippen molar-refractivity contribution in [3.8, 4) is 11.5 Å². The Morgan fingerprint density at radius 2 is 1.90 bits per heavy atom. The molecule has 0 radical (unpaired) electrons. The summed E-state index contributed by atoms with van der Waals surface area (Å²) >= 11 is 0. The molecule has 0 spiro atoms. The second kappa shape index (κ2) is 15.5. The molecular formula is C20H34IN3O6S. The summed E-state index contributed by atoms with van der Waals surface area (Å²) in [7, 11) is -1.35. The largest absolute Gasteiger partial charge is 0.490 e. The predicted molar refractivity (Wildman–Crippen MR) is 133 cm³/mol. The van der Waals surface area contributed by atoms with Crippen molar-refractivity contribution in [2.45, 2.75) is 19.3 Å². The normalized spacial score (nSPS) is 13.8.